The van der Waals surface area contributed by atoms with Crippen molar-refractivity contribution in [3.05, 3.63) is 107 Å². The van der Waals surface area contributed by atoms with E-state index in [-0.39, 0.29) is 11.4 Å². The van der Waals surface area contributed by atoms with Crippen molar-refractivity contribution in [3.8, 4) is 22.3 Å². The van der Waals surface area contributed by atoms with Gasteiger partial charge in [-0.15, -0.1) is 0 Å². The van der Waals surface area contributed by atoms with Crippen molar-refractivity contribution in [1.82, 2.24) is 0 Å². The van der Waals surface area contributed by atoms with Crippen LogP contribution < -0.4 is 5.32 Å². The summed E-state index contributed by atoms with van der Waals surface area (Å²) in [7, 11) is 0. The molecule has 0 fully saturated rings. The fourth-order valence-corrected chi connectivity index (χ4v) is 4.88. The molecule has 1 aliphatic carbocycles. The van der Waals surface area contributed by atoms with Gasteiger partial charge in [-0.3, -0.25) is 0 Å². The van der Waals surface area contributed by atoms with Gasteiger partial charge in [-0.1, -0.05) is 114 Å². The van der Waals surface area contributed by atoms with Gasteiger partial charge < -0.3 is 5.32 Å². The fraction of sp³-hybridized carbons (Fsp3) is 0.273. The number of hydrogen-bond donors (Lipinski definition) is 1. The summed E-state index contributed by atoms with van der Waals surface area (Å²) in [5, 5.41) is 3.00. The van der Waals surface area contributed by atoms with Crippen LogP contribution in [0.2, 0.25) is 0 Å². The van der Waals surface area contributed by atoms with Crippen LogP contribution in [0.4, 0.5) is 11.4 Å². The average Bonchev–Trinajstić information content (AvgIpc) is 3.20. The highest BCUT2D eigenvalue weighted by molar-refractivity contribution is 5.86. The quantitative estimate of drug-likeness (QED) is 0.313. The summed E-state index contributed by atoms with van der Waals surface area (Å²) in [5.41, 5.74) is 2.24. The van der Waals surface area contributed by atoms with Crippen molar-refractivity contribution in [2.75, 3.05) is 5.32 Å². The van der Waals surface area contributed by atoms with Crippen LogP contribution >= 0.6 is 0 Å². The summed E-state index contributed by atoms with van der Waals surface area (Å²) in [6.45, 7) is -9.64. The molecule has 1 aliphatic rings. The number of anilines is 2. The molecule has 0 heterocycles. The van der Waals surface area contributed by atoms with Crippen LogP contribution in [0.25, 0.3) is 22.3 Å². The third-order valence-corrected chi connectivity index (χ3v) is 6.66. The molecule has 0 saturated carbocycles. The second-order valence-electron chi connectivity index (χ2n) is 9.12. The summed E-state index contributed by atoms with van der Waals surface area (Å²) < 4.78 is 117. The van der Waals surface area contributed by atoms with E-state index in [2.05, 4.69) is 5.32 Å². The summed E-state index contributed by atoms with van der Waals surface area (Å²) in [5.74, 6) is -6.33. The molecule has 4 aromatic carbocycles. The van der Waals surface area contributed by atoms with Gasteiger partial charge in [-0.25, -0.2) is 0 Å². The van der Waals surface area contributed by atoms with Crippen molar-refractivity contribution < 1.29 is 19.2 Å². The molecule has 5 rings (SSSR count). The Balaban J connectivity index is 1.89. The van der Waals surface area contributed by atoms with Gasteiger partial charge in [-0.2, -0.15) is 0 Å². The molecular formula is C33H35N. The molecule has 0 amide bonds. The Bertz CT molecular complexity index is 1820. The van der Waals surface area contributed by atoms with Crippen molar-refractivity contribution in [1.29, 1.82) is 0 Å². The highest BCUT2D eigenvalue weighted by Crippen LogP contribution is 2.51. The molecule has 1 nitrogen and oxygen atoms in total. The lowest BCUT2D eigenvalue weighted by molar-refractivity contribution is 0.658. The molecule has 0 aromatic heterocycles. The monoisotopic (exact) mass is 459 g/mol. The topological polar surface area (TPSA) is 12.0 Å². The van der Waals surface area contributed by atoms with E-state index in [1.165, 1.54) is 30.3 Å². The number of nitrogens with one attached hydrogen (secondary N) is 1. The Morgan fingerprint density at radius 1 is 0.647 bits per heavy atom. The first-order chi connectivity index (χ1) is 21.9. The maximum Gasteiger partial charge on any atom is 0.0425 e. The van der Waals surface area contributed by atoms with Gasteiger partial charge in [0.15, 0.2) is 0 Å². The second kappa shape index (κ2) is 8.47. The van der Waals surface area contributed by atoms with Gasteiger partial charge in [0.2, 0.25) is 0 Å². The molecule has 0 aliphatic heterocycles. The Morgan fingerprint density at radius 2 is 1.32 bits per heavy atom. The molecule has 0 saturated heterocycles. The first kappa shape index (κ1) is 11.4. The van der Waals surface area contributed by atoms with Crippen molar-refractivity contribution in [2.24, 2.45) is 0 Å². The standard InChI is InChI=1S/C33H35N/c1-21(2)25-17-16-24(23-12-8-7-9-13-23)18-31(25)34-32-20-28-26-14-10-11-15-29(26)33(5,6)30(28)19-27(32)22(3)4/h7-22,34H,1-6H3/i1D3,2D3,3D3,4D3,21D,22D. The fourth-order valence-electron chi connectivity index (χ4n) is 4.88. The minimum Gasteiger partial charge on any atom is -0.355 e. The summed E-state index contributed by atoms with van der Waals surface area (Å²) in [6.07, 6.45) is 0. The lowest BCUT2D eigenvalue weighted by Gasteiger charge is -2.25. The maximum atomic E-state index is 9.19. The van der Waals surface area contributed by atoms with E-state index in [9.17, 15) is 1.37 Å². The zero-order valence-electron chi connectivity index (χ0n) is 33.1. The van der Waals surface area contributed by atoms with Crippen LogP contribution in [-0.4, -0.2) is 0 Å². The smallest absolute Gasteiger partial charge is 0.0425 e. The maximum absolute atomic E-state index is 9.19. The lowest BCUT2D eigenvalue weighted by atomic mass is 9.81. The number of hydrogen-bond acceptors (Lipinski definition) is 1. The van der Waals surface area contributed by atoms with E-state index >= 15 is 0 Å². The van der Waals surface area contributed by atoms with E-state index in [0.717, 1.165) is 11.1 Å². The number of benzene rings is 4. The van der Waals surface area contributed by atoms with Crippen LogP contribution in [0.3, 0.4) is 0 Å². The van der Waals surface area contributed by atoms with Gasteiger partial charge in [0, 0.05) is 36.0 Å². The largest absolute Gasteiger partial charge is 0.355 e. The van der Waals surface area contributed by atoms with Gasteiger partial charge in [-0.05, 0) is 68.4 Å². The Morgan fingerprint density at radius 3 is 2.09 bits per heavy atom. The lowest BCUT2D eigenvalue weighted by Crippen LogP contribution is -2.15. The molecule has 0 spiro atoms. The molecule has 0 atom stereocenters. The Hall–Kier alpha value is -3.32. The predicted octanol–water partition coefficient (Wildman–Crippen LogP) is 9.65. The number of fused-ring (bicyclic) bond motifs is 3. The molecule has 172 valence electrons. The first-order valence-corrected chi connectivity index (χ1v) is 11.1. The molecular weight excluding hydrogens is 410 g/mol. The Kier molecular flexibility index (Phi) is 2.84. The molecule has 34 heavy (non-hydrogen) atoms. The third-order valence-electron chi connectivity index (χ3n) is 6.66. The van der Waals surface area contributed by atoms with E-state index < -0.39 is 55.7 Å². The summed E-state index contributed by atoms with van der Waals surface area (Å²) >= 11 is 0. The number of rotatable bonds is 5. The van der Waals surface area contributed by atoms with Crippen molar-refractivity contribution in [3.63, 3.8) is 0 Å². The summed E-state index contributed by atoms with van der Waals surface area (Å²) in [6, 6.07) is 23.5. The summed E-state index contributed by atoms with van der Waals surface area (Å²) in [4.78, 5) is 0. The molecule has 1 N–H and O–H groups in total. The van der Waals surface area contributed by atoms with E-state index in [4.69, 9.17) is 17.8 Å². The van der Waals surface area contributed by atoms with Gasteiger partial charge in [0.05, 0.1) is 0 Å². The van der Waals surface area contributed by atoms with Crippen LogP contribution in [-0.2, 0) is 5.41 Å². The predicted molar refractivity (Wildman–Crippen MR) is 147 cm³/mol. The highest BCUT2D eigenvalue weighted by Gasteiger charge is 2.36. The minimum absolute atomic E-state index is 0.145. The van der Waals surface area contributed by atoms with Crippen LogP contribution in [0.1, 0.15) is 94.5 Å². The van der Waals surface area contributed by atoms with Crippen LogP contribution in [0.15, 0.2) is 84.9 Å². The zero-order chi connectivity index (χ0) is 35.9. The van der Waals surface area contributed by atoms with Gasteiger partial charge in [0.1, 0.15) is 0 Å². The van der Waals surface area contributed by atoms with Gasteiger partial charge >= 0.3 is 0 Å². The van der Waals surface area contributed by atoms with E-state index in [1.54, 1.807) is 30.3 Å². The third kappa shape index (κ3) is 3.74. The van der Waals surface area contributed by atoms with E-state index in [1.807, 2.05) is 38.1 Å². The molecule has 4 aromatic rings. The second-order valence-corrected chi connectivity index (χ2v) is 9.12. The SMILES string of the molecule is [2H]C([2H])([2H])C([2H])(c1ccc(-c2ccccc2)cc1Nc1cc2c(cc1C([2H])(C([2H])([2H])[2H])C([2H])([2H])[2H])C(C)(C)c1ccccc1-2)C([2H])([2H])[2H]. The minimum atomic E-state index is -3.37. The molecule has 0 unspecified atom stereocenters. The van der Waals surface area contributed by atoms with Crippen molar-refractivity contribution >= 4 is 11.4 Å². The average molecular weight is 460 g/mol. The molecule has 0 radical (unpaired) electrons. The highest BCUT2D eigenvalue weighted by atomic mass is 14.9. The molecule has 1 heteroatoms. The zero-order valence-corrected chi connectivity index (χ0v) is 19.1. The molecule has 0 bridgehead atoms. The van der Waals surface area contributed by atoms with Crippen molar-refractivity contribution in [2.45, 2.75) is 58.5 Å². The van der Waals surface area contributed by atoms with Crippen LogP contribution in [0, 0.1) is 0 Å². The van der Waals surface area contributed by atoms with Crippen LogP contribution in [0.5, 0.6) is 0 Å². The first-order valence-electron chi connectivity index (χ1n) is 18.1. The Labute approximate surface area is 224 Å². The van der Waals surface area contributed by atoms with E-state index in [0.29, 0.717) is 22.3 Å². The normalized spacial score (nSPS) is 21.9. The van der Waals surface area contributed by atoms with Gasteiger partial charge in [0.25, 0.3) is 0 Å².